The zero-order chi connectivity index (χ0) is 14.5. The molecule has 1 atom stereocenters. The Bertz CT molecular complexity index is 610. The molecule has 0 spiro atoms. The summed E-state index contributed by atoms with van der Waals surface area (Å²) in [5, 5.41) is 6.49. The van der Waals surface area contributed by atoms with Crippen LogP contribution in [0, 0.1) is 0 Å². The van der Waals surface area contributed by atoms with E-state index in [1.54, 1.807) is 0 Å². The van der Waals surface area contributed by atoms with E-state index in [0.717, 1.165) is 25.1 Å². The Morgan fingerprint density at radius 2 is 1.76 bits per heavy atom. The van der Waals surface area contributed by atoms with Gasteiger partial charge >= 0.3 is 0 Å². The average Bonchev–Trinajstić information content (AvgIpc) is 2.73. The normalized spacial score (nSPS) is 18.7. The molecule has 1 heterocycles. The minimum atomic E-state index is 0.141. The Morgan fingerprint density at radius 1 is 1.00 bits per heavy atom. The maximum absolute atomic E-state index is 11.7. The smallest absolute Gasteiger partial charge is 0.222 e. The summed E-state index contributed by atoms with van der Waals surface area (Å²) in [6.07, 6.45) is 2.59. The van der Waals surface area contributed by atoms with Crippen molar-refractivity contribution in [3.63, 3.8) is 0 Å². The van der Waals surface area contributed by atoms with E-state index in [2.05, 4.69) is 34.9 Å². The molecule has 1 aliphatic heterocycles. The van der Waals surface area contributed by atoms with Crippen LogP contribution >= 0.6 is 0 Å². The van der Waals surface area contributed by atoms with Gasteiger partial charge in [-0.25, -0.2) is 0 Å². The molecule has 0 aromatic heterocycles. The van der Waals surface area contributed by atoms with Gasteiger partial charge in [-0.2, -0.15) is 0 Å². The molecule has 0 aliphatic carbocycles. The lowest BCUT2D eigenvalue weighted by atomic mass is 10.0. The van der Waals surface area contributed by atoms with E-state index >= 15 is 0 Å². The van der Waals surface area contributed by atoms with Crippen molar-refractivity contribution in [3.8, 4) is 11.1 Å². The second kappa shape index (κ2) is 6.44. The van der Waals surface area contributed by atoms with Gasteiger partial charge in [0.25, 0.3) is 0 Å². The van der Waals surface area contributed by atoms with Gasteiger partial charge in [-0.1, -0.05) is 48.5 Å². The first kappa shape index (κ1) is 13.7. The van der Waals surface area contributed by atoms with Crippen LogP contribution in [0.1, 0.15) is 19.3 Å². The van der Waals surface area contributed by atoms with E-state index in [-0.39, 0.29) is 11.9 Å². The van der Waals surface area contributed by atoms with Gasteiger partial charge < -0.3 is 10.6 Å². The van der Waals surface area contributed by atoms with Crippen molar-refractivity contribution < 1.29 is 4.79 Å². The first-order chi connectivity index (χ1) is 10.3. The molecule has 2 aromatic carbocycles. The molecule has 0 saturated carbocycles. The molecule has 0 radical (unpaired) electrons. The summed E-state index contributed by atoms with van der Waals surface area (Å²) in [7, 11) is 0. The molecule has 3 rings (SSSR count). The predicted molar refractivity (Wildman–Crippen MR) is 86.1 cm³/mol. The molecule has 1 saturated heterocycles. The van der Waals surface area contributed by atoms with Crippen LogP contribution in [0.15, 0.2) is 54.6 Å². The Kier molecular flexibility index (Phi) is 4.20. The van der Waals surface area contributed by atoms with E-state index in [9.17, 15) is 4.79 Å². The van der Waals surface area contributed by atoms with E-state index in [0.29, 0.717) is 6.42 Å². The third-order valence-corrected chi connectivity index (χ3v) is 3.85. The minimum Gasteiger partial charge on any atom is -0.381 e. The number of para-hydroxylation sites is 1. The second-order valence-corrected chi connectivity index (χ2v) is 5.45. The fourth-order valence-corrected chi connectivity index (χ4v) is 2.80. The number of hydrogen-bond acceptors (Lipinski definition) is 2. The number of anilines is 1. The molecule has 1 fully saturated rings. The molecule has 1 amide bonds. The molecule has 3 nitrogen and oxygen atoms in total. The fraction of sp³-hybridized carbons (Fsp3) is 0.278. The number of amides is 1. The maximum Gasteiger partial charge on any atom is 0.222 e. The van der Waals surface area contributed by atoms with Crippen molar-refractivity contribution in [3.05, 3.63) is 54.6 Å². The lowest BCUT2D eigenvalue weighted by Gasteiger charge is -2.19. The minimum absolute atomic E-state index is 0.141. The standard InChI is InChI=1S/C18H20N2O/c21-18-13-15(9-6-12-19-18)20-17-11-5-4-10-16(17)14-7-2-1-3-8-14/h1-5,7-8,10-11,15,20H,6,9,12-13H2,(H,19,21). The molecule has 2 aromatic rings. The zero-order valence-electron chi connectivity index (χ0n) is 12.0. The van der Waals surface area contributed by atoms with E-state index in [1.165, 1.54) is 11.1 Å². The molecule has 21 heavy (non-hydrogen) atoms. The highest BCUT2D eigenvalue weighted by Gasteiger charge is 2.18. The third-order valence-electron chi connectivity index (χ3n) is 3.85. The largest absolute Gasteiger partial charge is 0.381 e. The molecule has 1 unspecified atom stereocenters. The Morgan fingerprint density at radius 3 is 2.62 bits per heavy atom. The van der Waals surface area contributed by atoms with Crippen molar-refractivity contribution >= 4 is 11.6 Å². The van der Waals surface area contributed by atoms with Crippen LogP contribution in [-0.2, 0) is 4.79 Å². The topological polar surface area (TPSA) is 41.1 Å². The lowest BCUT2D eigenvalue weighted by molar-refractivity contribution is -0.120. The van der Waals surface area contributed by atoms with Crippen LogP contribution in [0.5, 0.6) is 0 Å². The Balaban J connectivity index is 1.84. The lowest BCUT2D eigenvalue weighted by Crippen LogP contribution is -2.27. The molecular weight excluding hydrogens is 260 g/mol. The van der Waals surface area contributed by atoms with Crippen molar-refractivity contribution in [2.45, 2.75) is 25.3 Å². The highest BCUT2D eigenvalue weighted by atomic mass is 16.1. The second-order valence-electron chi connectivity index (χ2n) is 5.45. The summed E-state index contributed by atoms with van der Waals surface area (Å²) < 4.78 is 0. The third kappa shape index (κ3) is 3.43. The van der Waals surface area contributed by atoms with Crippen LogP contribution in [0.4, 0.5) is 5.69 Å². The summed E-state index contributed by atoms with van der Waals surface area (Å²) >= 11 is 0. The van der Waals surface area contributed by atoms with Crippen molar-refractivity contribution in [2.75, 3.05) is 11.9 Å². The number of benzene rings is 2. The summed E-state index contributed by atoms with van der Waals surface area (Å²) in [5.74, 6) is 0.141. The molecule has 3 heteroatoms. The highest BCUT2D eigenvalue weighted by Crippen LogP contribution is 2.29. The number of nitrogens with one attached hydrogen (secondary N) is 2. The molecular formula is C18H20N2O. The summed E-state index contributed by atoms with van der Waals surface area (Å²) in [6.45, 7) is 0.789. The Hall–Kier alpha value is -2.29. The number of hydrogen-bond donors (Lipinski definition) is 2. The number of carbonyl (C=O) groups is 1. The average molecular weight is 280 g/mol. The number of carbonyl (C=O) groups excluding carboxylic acids is 1. The van der Waals surface area contributed by atoms with Crippen LogP contribution in [-0.4, -0.2) is 18.5 Å². The van der Waals surface area contributed by atoms with Gasteiger partial charge in [0.2, 0.25) is 5.91 Å². The molecule has 1 aliphatic rings. The van der Waals surface area contributed by atoms with E-state index in [4.69, 9.17) is 0 Å². The van der Waals surface area contributed by atoms with E-state index in [1.807, 2.05) is 30.3 Å². The fourth-order valence-electron chi connectivity index (χ4n) is 2.80. The SMILES string of the molecule is O=C1CC(Nc2ccccc2-c2ccccc2)CCCN1. The van der Waals surface area contributed by atoms with Gasteiger partial charge in [0, 0.05) is 30.3 Å². The van der Waals surface area contributed by atoms with Gasteiger partial charge in [-0.05, 0) is 24.5 Å². The monoisotopic (exact) mass is 280 g/mol. The zero-order valence-corrected chi connectivity index (χ0v) is 12.0. The predicted octanol–water partition coefficient (Wildman–Crippen LogP) is 3.43. The van der Waals surface area contributed by atoms with Crippen molar-refractivity contribution in [1.29, 1.82) is 0 Å². The summed E-state index contributed by atoms with van der Waals surface area (Å²) in [6, 6.07) is 18.8. The Labute approximate surface area is 125 Å². The van der Waals surface area contributed by atoms with Crippen LogP contribution in [0.2, 0.25) is 0 Å². The van der Waals surface area contributed by atoms with Crippen LogP contribution in [0.25, 0.3) is 11.1 Å². The summed E-state index contributed by atoms with van der Waals surface area (Å²) in [5.41, 5.74) is 3.48. The number of rotatable bonds is 3. The van der Waals surface area contributed by atoms with Crippen molar-refractivity contribution in [1.82, 2.24) is 5.32 Å². The van der Waals surface area contributed by atoms with E-state index < -0.39 is 0 Å². The molecule has 2 N–H and O–H groups in total. The van der Waals surface area contributed by atoms with Gasteiger partial charge in [-0.3, -0.25) is 4.79 Å². The summed E-state index contributed by atoms with van der Waals surface area (Å²) in [4.78, 5) is 11.7. The van der Waals surface area contributed by atoms with Crippen LogP contribution in [0.3, 0.4) is 0 Å². The molecule has 0 bridgehead atoms. The molecule has 108 valence electrons. The van der Waals surface area contributed by atoms with Crippen molar-refractivity contribution in [2.24, 2.45) is 0 Å². The van der Waals surface area contributed by atoms with Gasteiger partial charge in [0.1, 0.15) is 0 Å². The van der Waals surface area contributed by atoms with Gasteiger partial charge in [0.15, 0.2) is 0 Å². The first-order valence-corrected chi connectivity index (χ1v) is 7.50. The first-order valence-electron chi connectivity index (χ1n) is 7.50. The highest BCUT2D eigenvalue weighted by molar-refractivity contribution is 5.80. The van der Waals surface area contributed by atoms with Gasteiger partial charge in [0.05, 0.1) is 0 Å². The van der Waals surface area contributed by atoms with Crippen LogP contribution < -0.4 is 10.6 Å². The quantitative estimate of drug-likeness (QED) is 0.904. The van der Waals surface area contributed by atoms with Gasteiger partial charge in [-0.15, -0.1) is 0 Å². The maximum atomic E-state index is 11.7.